The van der Waals surface area contributed by atoms with Crippen LogP contribution in [0.2, 0.25) is 0 Å². The third-order valence-electron chi connectivity index (χ3n) is 8.25. The fourth-order valence-electron chi connectivity index (χ4n) is 6.10. The van der Waals surface area contributed by atoms with Gasteiger partial charge in [0.15, 0.2) is 0 Å². The van der Waals surface area contributed by atoms with Crippen molar-refractivity contribution in [3.05, 3.63) is 173 Å². The van der Waals surface area contributed by atoms with Crippen LogP contribution < -0.4 is 10.2 Å². The molecule has 0 saturated carbocycles. The molecule has 1 N–H and O–H groups in total. The Balaban J connectivity index is 1.50. The van der Waals surface area contributed by atoms with Gasteiger partial charge >= 0.3 is 5.97 Å². The molecule has 0 aromatic heterocycles. The van der Waals surface area contributed by atoms with Crippen LogP contribution in [0.15, 0.2) is 146 Å². The van der Waals surface area contributed by atoms with Crippen molar-refractivity contribution in [2.45, 2.75) is 31.2 Å². The second-order valence-corrected chi connectivity index (χ2v) is 11.2. The Hall–Kier alpha value is -5.48. The van der Waals surface area contributed by atoms with Crippen LogP contribution in [0.4, 0.5) is 5.69 Å². The Kier molecular flexibility index (Phi) is 9.88. The topological polar surface area (TPSA) is 67.9 Å². The summed E-state index contributed by atoms with van der Waals surface area (Å²) in [6, 6.07) is 44.9. The smallest absolute Gasteiger partial charge is 0.327 e. The average molecular weight is 621 g/mol. The van der Waals surface area contributed by atoms with Gasteiger partial charge in [-0.15, -0.1) is 0 Å². The number of carbonyl (C=O) groups is 2. The first kappa shape index (κ1) is 31.5. The van der Waals surface area contributed by atoms with E-state index in [1.165, 1.54) is 0 Å². The number of amides is 1. The molecule has 1 heterocycles. The molecule has 6 rings (SSSR count). The van der Waals surface area contributed by atoms with Gasteiger partial charge in [0.25, 0.3) is 5.91 Å². The first-order valence-corrected chi connectivity index (χ1v) is 15.8. The highest BCUT2D eigenvalue weighted by Gasteiger charge is 2.60. The van der Waals surface area contributed by atoms with Crippen molar-refractivity contribution in [3.8, 4) is 11.8 Å². The first-order chi connectivity index (χ1) is 23.1. The van der Waals surface area contributed by atoms with E-state index in [-0.39, 0.29) is 19.1 Å². The highest BCUT2D eigenvalue weighted by Crippen LogP contribution is 2.47. The van der Waals surface area contributed by atoms with Gasteiger partial charge in [0.1, 0.15) is 12.6 Å². The number of ether oxygens (including phenoxy) is 2. The molecule has 234 valence electrons. The second-order valence-electron chi connectivity index (χ2n) is 11.2. The molecule has 1 aliphatic rings. The van der Waals surface area contributed by atoms with Crippen LogP contribution in [0.1, 0.15) is 40.8 Å². The van der Waals surface area contributed by atoms with Crippen molar-refractivity contribution in [1.29, 1.82) is 0 Å². The lowest BCUT2D eigenvalue weighted by atomic mass is 9.85. The number of fused-ring (bicyclic) bond motifs is 1. The fraction of sp³-hybridized carbons (Fsp3) is 0.171. The van der Waals surface area contributed by atoms with Gasteiger partial charge < -0.3 is 14.4 Å². The number of carbonyl (C=O) groups excluding carboxylic acids is 2. The Labute approximate surface area is 276 Å². The maximum absolute atomic E-state index is 15.1. The number of esters is 1. The summed E-state index contributed by atoms with van der Waals surface area (Å²) in [4.78, 5) is 31.0. The lowest BCUT2D eigenvalue weighted by Crippen LogP contribution is -2.60. The summed E-state index contributed by atoms with van der Waals surface area (Å²) in [5.74, 6) is 5.26. The van der Waals surface area contributed by atoms with Gasteiger partial charge in [0.2, 0.25) is 5.60 Å². The highest BCUT2D eigenvalue weighted by atomic mass is 16.5. The number of nitrogens with one attached hydrogen (secondary N) is 1. The van der Waals surface area contributed by atoms with Crippen molar-refractivity contribution >= 4 is 17.6 Å². The van der Waals surface area contributed by atoms with Crippen LogP contribution in [0, 0.1) is 11.8 Å². The quantitative estimate of drug-likeness (QED) is 0.130. The monoisotopic (exact) mass is 620 g/mol. The van der Waals surface area contributed by atoms with E-state index in [9.17, 15) is 4.79 Å². The molecule has 0 saturated heterocycles. The van der Waals surface area contributed by atoms with Crippen LogP contribution in [-0.4, -0.2) is 31.1 Å². The number of benzene rings is 5. The number of para-hydroxylation sites is 1. The van der Waals surface area contributed by atoms with Gasteiger partial charge in [-0.1, -0.05) is 139 Å². The van der Waals surface area contributed by atoms with Crippen LogP contribution in [0.5, 0.6) is 0 Å². The Morgan fingerprint density at radius 2 is 1.32 bits per heavy atom. The molecule has 0 aliphatic carbocycles. The zero-order valence-corrected chi connectivity index (χ0v) is 26.2. The van der Waals surface area contributed by atoms with E-state index in [2.05, 4.69) is 17.2 Å². The van der Waals surface area contributed by atoms with Gasteiger partial charge in [0.05, 0.1) is 24.9 Å². The molecule has 0 bridgehead atoms. The first-order valence-electron chi connectivity index (χ1n) is 15.8. The predicted octanol–water partition coefficient (Wildman–Crippen LogP) is 6.81. The largest absolute Gasteiger partial charge is 0.465 e. The van der Waals surface area contributed by atoms with Gasteiger partial charge in [-0.25, -0.2) is 0 Å². The molecule has 0 radical (unpaired) electrons. The number of hydrogen-bond acceptors (Lipinski definition) is 5. The Bertz CT molecular complexity index is 1810. The zero-order chi connectivity index (χ0) is 32.5. The standard InChI is InChI=1S/C41H36N2O4/c1-2-46-39(44)38(42-37(33-23-11-5-12-24-33)34-25-13-6-14-26-34)41(47-29-17-22-31-18-7-3-8-19-31)35-27-15-16-28-36(35)43(40(41)45)30-32-20-9-4-10-21-32/h3-16,18-21,23-28,37-38,42H,2,29-30H2,1H3/t38-,41+/m1/s1. The predicted molar refractivity (Wildman–Crippen MR) is 183 cm³/mol. The molecule has 1 aliphatic heterocycles. The molecule has 0 spiro atoms. The third kappa shape index (κ3) is 6.73. The molecule has 0 unspecified atom stereocenters. The highest BCUT2D eigenvalue weighted by molar-refractivity contribution is 6.10. The number of nitrogens with zero attached hydrogens (tertiary/aromatic N) is 1. The summed E-state index contributed by atoms with van der Waals surface area (Å²) in [6.07, 6.45) is 0. The second kappa shape index (κ2) is 14.7. The lowest BCUT2D eigenvalue weighted by molar-refractivity contribution is -0.165. The molecule has 1 amide bonds. The van der Waals surface area contributed by atoms with Crippen molar-refractivity contribution in [3.63, 3.8) is 0 Å². The van der Waals surface area contributed by atoms with Crippen molar-refractivity contribution in [2.75, 3.05) is 18.1 Å². The lowest BCUT2D eigenvalue weighted by Gasteiger charge is -2.37. The van der Waals surface area contributed by atoms with Crippen LogP contribution in [-0.2, 0) is 31.2 Å². The summed E-state index contributed by atoms with van der Waals surface area (Å²) in [6.45, 7) is 2.08. The number of hydrogen-bond donors (Lipinski definition) is 1. The summed E-state index contributed by atoms with van der Waals surface area (Å²) >= 11 is 0. The Morgan fingerprint density at radius 3 is 1.94 bits per heavy atom. The van der Waals surface area contributed by atoms with E-state index in [1.54, 1.807) is 11.8 Å². The summed E-state index contributed by atoms with van der Waals surface area (Å²) in [5.41, 5.74) is 3.07. The number of rotatable bonds is 11. The fourth-order valence-corrected chi connectivity index (χ4v) is 6.10. The van der Waals surface area contributed by atoms with E-state index in [0.717, 1.165) is 22.3 Å². The van der Waals surface area contributed by atoms with Gasteiger partial charge in [-0.3, -0.25) is 14.9 Å². The zero-order valence-electron chi connectivity index (χ0n) is 26.2. The Morgan fingerprint density at radius 1 is 0.766 bits per heavy atom. The van der Waals surface area contributed by atoms with Crippen LogP contribution in [0.3, 0.4) is 0 Å². The van der Waals surface area contributed by atoms with Crippen molar-refractivity contribution in [2.24, 2.45) is 0 Å². The molecule has 0 fully saturated rings. The van der Waals surface area contributed by atoms with Gasteiger partial charge in [-0.05, 0) is 41.8 Å². The minimum absolute atomic E-state index is 0.104. The van der Waals surface area contributed by atoms with Crippen molar-refractivity contribution < 1.29 is 19.1 Å². The van der Waals surface area contributed by atoms with E-state index in [4.69, 9.17) is 9.47 Å². The van der Waals surface area contributed by atoms with Crippen LogP contribution in [0.25, 0.3) is 0 Å². The number of anilines is 1. The van der Waals surface area contributed by atoms with Crippen LogP contribution >= 0.6 is 0 Å². The average Bonchev–Trinajstić information content (AvgIpc) is 3.35. The molecule has 6 heteroatoms. The summed E-state index contributed by atoms with van der Waals surface area (Å²) in [7, 11) is 0. The molecular weight excluding hydrogens is 584 g/mol. The molecule has 5 aromatic carbocycles. The van der Waals surface area contributed by atoms with E-state index in [0.29, 0.717) is 17.8 Å². The molecular formula is C41H36N2O4. The van der Waals surface area contributed by atoms with E-state index >= 15 is 4.79 Å². The van der Waals surface area contributed by atoms with Crippen molar-refractivity contribution in [1.82, 2.24) is 5.32 Å². The van der Waals surface area contributed by atoms with E-state index in [1.807, 2.05) is 146 Å². The van der Waals surface area contributed by atoms with Gasteiger partial charge in [0, 0.05) is 11.1 Å². The molecule has 5 aromatic rings. The van der Waals surface area contributed by atoms with Gasteiger partial charge in [-0.2, -0.15) is 0 Å². The maximum Gasteiger partial charge on any atom is 0.327 e. The molecule has 47 heavy (non-hydrogen) atoms. The maximum atomic E-state index is 15.1. The minimum atomic E-state index is -1.79. The summed E-state index contributed by atoms with van der Waals surface area (Å²) in [5, 5.41) is 3.57. The summed E-state index contributed by atoms with van der Waals surface area (Å²) < 4.78 is 12.4. The SMILES string of the molecule is CCOC(=O)[C@@H](NC(c1ccccc1)c1ccccc1)[C@]1(OCC#Cc2ccccc2)C(=O)N(Cc2ccccc2)c2ccccc21. The third-order valence-corrected chi connectivity index (χ3v) is 8.25. The van der Waals surface area contributed by atoms with E-state index < -0.39 is 23.7 Å². The minimum Gasteiger partial charge on any atom is -0.465 e. The molecule has 2 atom stereocenters. The molecule has 6 nitrogen and oxygen atoms in total. The normalized spacial score (nSPS) is 15.9.